The van der Waals surface area contributed by atoms with Gasteiger partial charge < -0.3 is 10.2 Å². The third-order valence-corrected chi connectivity index (χ3v) is 3.51. The molecule has 2 aromatic heterocycles. The molecule has 0 aliphatic rings. The Balaban J connectivity index is 2.04. The number of aromatic carboxylic acids is 2. The van der Waals surface area contributed by atoms with Crippen LogP contribution in [0.5, 0.6) is 0 Å². The van der Waals surface area contributed by atoms with Crippen LogP contribution in [0.15, 0.2) is 48.8 Å². The van der Waals surface area contributed by atoms with Gasteiger partial charge in [-0.1, -0.05) is 24.3 Å². The van der Waals surface area contributed by atoms with Crippen molar-refractivity contribution in [3.63, 3.8) is 0 Å². The Bertz CT molecular complexity index is 916. The first kappa shape index (κ1) is 14.6. The van der Waals surface area contributed by atoms with Gasteiger partial charge in [0.05, 0.1) is 11.3 Å². The van der Waals surface area contributed by atoms with Gasteiger partial charge in [-0.2, -0.15) is 0 Å². The lowest BCUT2D eigenvalue weighted by molar-refractivity contribution is 0.0646. The number of carboxylic acids is 2. The van der Waals surface area contributed by atoms with Crippen LogP contribution in [-0.2, 0) is 6.42 Å². The minimum Gasteiger partial charge on any atom is -0.478 e. The predicted molar refractivity (Wildman–Crippen MR) is 82.7 cm³/mol. The molecule has 3 rings (SSSR count). The summed E-state index contributed by atoms with van der Waals surface area (Å²) in [5.74, 6) is -2.68. The summed E-state index contributed by atoms with van der Waals surface area (Å²) in [6, 6.07) is 11.0. The topological polar surface area (TPSA) is 100 Å². The molecule has 0 unspecified atom stereocenters. The SMILES string of the molecule is O=C(O)c1cc(Cc2nccc3ccccc23)cnc1C(=O)O. The summed E-state index contributed by atoms with van der Waals surface area (Å²) in [6.45, 7) is 0. The highest BCUT2D eigenvalue weighted by Crippen LogP contribution is 2.20. The van der Waals surface area contributed by atoms with Gasteiger partial charge in [0, 0.05) is 24.2 Å². The predicted octanol–water partition coefficient (Wildman–Crippen LogP) is 2.62. The lowest BCUT2D eigenvalue weighted by Crippen LogP contribution is -2.11. The maximum Gasteiger partial charge on any atom is 0.355 e. The van der Waals surface area contributed by atoms with Gasteiger partial charge in [0.25, 0.3) is 0 Å². The molecule has 23 heavy (non-hydrogen) atoms. The van der Waals surface area contributed by atoms with Crippen molar-refractivity contribution in [2.24, 2.45) is 0 Å². The van der Waals surface area contributed by atoms with Crippen molar-refractivity contribution in [2.45, 2.75) is 6.42 Å². The quantitative estimate of drug-likeness (QED) is 0.768. The van der Waals surface area contributed by atoms with Crippen LogP contribution in [0.1, 0.15) is 32.1 Å². The summed E-state index contributed by atoms with van der Waals surface area (Å²) >= 11 is 0. The molecular weight excluding hydrogens is 296 g/mol. The largest absolute Gasteiger partial charge is 0.478 e. The van der Waals surface area contributed by atoms with E-state index in [0.717, 1.165) is 16.5 Å². The normalized spacial score (nSPS) is 10.6. The minimum atomic E-state index is -1.36. The molecule has 2 N–H and O–H groups in total. The molecule has 0 spiro atoms. The smallest absolute Gasteiger partial charge is 0.355 e. The molecule has 0 fully saturated rings. The highest BCUT2D eigenvalue weighted by molar-refractivity contribution is 6.00. The second kappa shape index (κ2) is 5.84. The van der Waals surface area contributed by atoms with Crippen molar-refractivity contribution in [2.75, 3.05) is 0 Å². The third-order valence-electron chi connectivity index (χ3n) is 3.51. The Kier molecular flexibility index (Phi) is 3.72. The van der Waals surface area contributed by atoms with Gasteiger partial charge in [-0.25, -0.2) is 14.6 Å². The van der Waals surface area contributed by atoms with Crippen molar-refractivity contribution >= 4 is 22.7 Å². The van der Waals surface area contributed by atoms with E-state index in [-0.39, 0.29) is 5.56 Å². The summed E-state index contributed by atoms with van der Waals surface area (Å²) in [5, 5.41) is 20.2. The van der Waals surface area contributed by atoms with Gasteiger partial charge >= 0.3 is 11.9 Å². The number of carboxylic acid groups (broad SMARTS) is 2. The van der Waals surface area contributed by atoms with Crippen LogP contribution in [0, 0.1) is 0 Å². The molecule has 3 aromatic rings. The minimum absolute atomic E-state index is 0.324. The highest BCUT2D eigenvalue weighted by Gasteiger charge is 2.18. The van der Waals surface area contributed by atoms with Crippen LogP contribution in [0.4, 0.5) is 0 Å². The number of benzene rings is 1. The number of hydrogen-bond acceptors (Lipinski definition) is 4. The van der Waals surface area contributed by atoms with Gasteiger partial charge in [0.2, 0.25) is 0 Å². The zero-order valence-corrected chi connectivity index (χ0v) is 11.9. The molecule has 0 amide bonds. The Morgan fingerprint density at radius 1 is 1.00 bits per heavy atom. The molecule has 114 valence electrons. The van der Waals surface area contributed by atoms with Gasteiger partial charge in [0.15, 0.2) is 5.69 Å². The number of pyridine rings is 2. The van der Waals surface area contributed by atoms with E-state index in [4.69, 9.17) is 10.2 Å². The van der Waals surface area contributed by atoms with E-state index in [2.05, 4.69) is 9.97 Å². The molecule has 6 heteroatoms. The first-order chi connectivity index (χ1) is 11.1. The number of hydrogen-bond donors (Lipinski definition) is 2. The summed E-state index contributed by atoms with van der Waals surface area (Å²) in [5.41, 5.74) is 0.586. The molecule has 6 nitrogen and oxygen atoms in total. The van der Waals surface area contributed by atoms with Crippen LogP contribution in [0.25, 0.3) is 10.8 Å². The molecule has 0 radical (unpaired) electrons. The average molecular weight is 308 g/mol. The van der Waals surface area contributed by atoms with Gasteiger partial charge in [-0.3, -0.25) is 4.98 Å². The summed E-state index contributed by atoms with van der Waals surface area (Å²) in [6.07, 6.45) is 3.43. The fraction of sp³-hybridized carbons (Fsp3) is 0.0588. The molecule has 0 aliphatic heterocycles. The molecule has 0 aliphatic carbocycles. The number of carbonyl (C=O) groups is 2. The average Bonchev–Trinajstić information content (AvgIpc) is 2.55. The maximum absolute atomic E-state index is 11.2. The standard InChI is InChI=1S/C17H12N2O4/c20-16(21)13-7-10(9-19-15(13)17(22)23)8-14-12-4-2-1-3-11(12)5-6-18-14/h1-7,9H,8H2,(H,20,21)(H,22,23). The number of rotatable bonds is 4. The maximum atomic E-state index is 11.2. The van der Waals surface area contributed by atoms with Gasteiger partial charge in [-0.05, 0) is 23.1 Å². The molecule has 2 heterocycles. The van der Waals surface area contributed by atoms with Crippen molar-refractivity contribution < 1.29 is 19.8 Å². The van der Waals surface area contributed by atoms with E-state index in [0.29, 0.717) is 12.0 Å². The molecule has 0 saturated heterocycles. The number of fused-ring (bicyclic) bond motifs is 1. The van der Waals surface area contributed by atoms with Crippen molar-refractivity contribution in [1.29, 1.82) is 0 Å². The Morgan fingerprint density at radius 2 is 1.78 bits per heavy atom. The second-order valence-electron chi connectivity index (χ2n) is 5.01. The lowest BCUT2D eigenvalue weighted by atomic mass is 10.0. The van der Waals surface area contributed by atoms with Crippen LogP contribution in [0.3, 0.4) is 0 Å². The molecule has 0 atom stereocenters. The van der Waals surface area contributed by atoms with E-state index in [1.165, 1.54) is 12.3 Å². The Hall–Kier alpha value is -3.28. The van der Waals surface area contributed by atoms with Crippen molar-refractivity contribution in [3.8, 4) is 0 Å². The van der Waals surface area contributed by atoms with E-state index in [1.807, 2.05) is 30.3 Å². The molecule has 0 saturated carbocycles. The van der Waals surface area contributed by atoms with Crippen LogP contribution in [-0.4, -0.2) is 32.1 Å². The lowest BCUT2D eigenvalue weighted by Gasteiger charge is -2.07. The Morgan fingerprint density at radius 3 is 2.52 bits per heavy atom. The second-order valence-corrected chi connectivity index (χ2v) is 5.01. The zero-order chi connectivity index (χ0) is 16.4. The first-order valence-corrected chi connectivity index (χ1v) is 6.84. The fourth-order valence-corrected chi connectivity index (χ4v) is 2.45. The molecule has 1 aromatic carbocycles. The van der Waals surface area contributed by atoms with Crippen molar-refractivity contribution in [1.82, 2.24) is 9.97 Å². The Labute approximate surface area is 131 Å². The summed E-state index contributed by atoms with van der Waals surface area (Å²) in [4.78, 5) is 30.4. The number of aromatic nitrogens is 2. The van der Waals surface area contributed by atoms with E-state index in [1.54, 1.807) is 6.20 Å². The van der Waals surface area contributed by atoms with Crippen molar-refractivity contribution in [3.05, 3.63) is 71.3 Å². The first-order valence-electron chi connectivity index (χ1n) is 6.84. The molecule has 0 bridgehead atoms. The van der Waals surface area contributed by atoms with Crippen LogP contribution in [0.2, 0.25) is 0 Å². The van der Waals surface area contributed by atoms with Gasteiger partial charge in [0.1, 0.15) is 0 Å². The van der Waals surface area contributed by atoms with E-state index < -0.39 is 17.6 Å². The zero-order valence-electron chi connectivity index (χ0n) is 11.9. The van der Waals surface area contributed by atoms with Crippen LogP contribution >= 0.6 is 0 Å². The van der Waals surface area contributed by atoms with E-state index >= 15 is 0 Å². The monoisotopic (exact) mass is 308 g/mol. The highest BCUT2D eigenvalue weighted by atomic mass is 16.4. The summed E-state index contributed by atoms with van der Waals surface area (Å²) < 4.78 is 0. The fourth-order valence-electron chi connectivity index (χ4n) is 2.45. The summed E-state index contributed by atoms with van der Waals surface area (Å²) in [7, 11) is 0. The third kappa shape index (κ3) is 2.87. The van der Waals surface area contributed by atoms with Gasteiger partial charge in [-0.15, -0.1) is 0 Å². The van der Waals surface area contributed by atoms with E-state index in [9.17, 15) is 9.59 Å². The molecular formula is C17H12N2O4. The number of nitrogens with zero attached hydrogens (tertiary/aromatic N) is 2. The van der Waals surface area contributed by atoms with Crippen LogP contribution < -0.4 is 0 Å².